The number of benzene rings is 2. The van der Waals surface area contributed by atoms with Crippen molar-refractivity contribution >= 4 is 29.1 Å². The predicted octanol–water partition coefficient (Wildman–Crippen LogP) is 4.65. The van der Waals surface area contributed by atoms with E-state index in [1.807, 2.05) is 0 Å². The van der Waals surface area contributed by atoms with Crippen LogP contribution in [0, 0.1) is 12.7 Å². The normalized spacial score (nSPS) is 17.0. The average Bonchev–Trinajstić information content (AvgIpc) is 3.11. The van der Waals surface area contributed by atoms with Gasteiger partial charge in [0.2, 0.25) is 0 Å². The number of rotatable bonds is 6. The Morgan fingerprint density at radius 2 is 1.86 bits per heavy atom. The van der Waals surface area contributed by atoms with E-state index in [4.69, 9.17) is 4.74 Å². The third kappa shape index (κ3) is 4.88. The zero-order chi connectivity index (χ0) is 26.0. The van der Waals surface area contributed by atoms with E-state index >= 15 is 0 Å². The molecule has 184 valence electrons. The van der Waals surface area contributed by atoms with Gasteiger partial charge in [0.05, 0.1) is 24.1 Å². The second-order valence-corrected chi connectivity index (χ2v) is 8.80. The Kier molecular flexibility index (Phi) is 6.96. The fraction of sp³-hybridized carbons (Fsp3) is 0.214. The third-order valence-corrected chi connectivity index (χ3v) is 5.81. The van der Waals surface area contributed by atoms with E-state index in [9.17, 15) is 23.9 Å². The van der Waals surface area contributed by atoms with Gasteiger partial charge in [0.1, 0.15) is 11.6 Å². The second-order valence-electron chi connectivity index (χ2n) is 8.80. The molecule has 1 amide bonds. The molecule has 0 saturated carbocycles. The number of anilines is 1. The van der Waals surface area contributed by atoms with Crippen LogP contribution in [-0.4, -0.2) is 33.9 Å². The lowest BCUT2D eigenvalue weighted by Crippen LogP contribution is -2.29. The molecular weight excluding hydrogens is 463 g/mol. The van der Waals surface area contributed by atoms with Crippen LogP contribution in [0.25, 0.3) is 5.76 Å². The van der Waals surface area contributed by atoms with Crippen LogP contribution in [-0.2, 0) is 25.5 Å². The van der Waals surface area contributed by atoms with Gasteiger partial charge in [0, 0.05) is 23.6 Å². The molecule has 1 aliphatic rings. The highest BCUT2D eigenvalue weighted by Crippen LogP contribution is 2.42. The van der Waals surface area contributed by atoms with Crippen molar-refractivity contribution in [2.24, 2.45) is 0 Å². The first kappa shape index (κ1) is 24.8. The molecule has 1 unspecified atom stereocenters. The molecule has 0 aliphatic carbocycles. The van der Waals surface area contributed by atoms with Gasteiger partial charge in [-0.3, -0.25) is 24.3 Å². The summed E-state index contributed by atoms with van der Waals surface area (Å²) in [6.07, 6.45) is 2.91. The Morgan fingerprint density at radius 1 is 1.14 bits per heavy atom. The first-order valence-electron chi connectivity index (χ1n) is 11.4. The summed E-state index contributed by atoms with van der Waals surface area (Å²) in [6, 6.07) is 13.0. The summed E-state index contributed by atoms with van der Waals surface area (Å²) in [6.45, 7) is 5.08. The molecular formula is C28H25FN2O5. The van der Waals surface area contributed by atoms with Gasteiger partial charge >= 0.3 is 5.97 Å². The van der Waals surface area contributed by atoms with Crippen LogP contribution < -0.4 is 4.90 Å². The minimum absolute atomic E-state index is 0.0627. The number of carbonyl (C=O) groups is 3. The van der Waals surface area contributed by atoms with Crippen molar-refractivity contribution in [2.75, 3.05) is 4.90 Å². The maximum absolute atomic E-state index is 13.8. The first-order valence-corrected chi connectivity index (χ1v) is 11.4. The number of aliphatic hydroxyl groups is 1. The lowest BCUT2D eigenvalue weighted by Gasteiger charge is -2.25. The number of amides is 1. The minimum atomic E-state index is -0.958. The largest absolute Gasteiger partial charge is 0.507 e. The number of ether oxygens (including phenoxy) is 1. The van der Waals surface area contributed by atoms with Crippen LogP contribution in [0.3, 0.4) is 0 Å². The molecule has 1 fully saturated rings. The van der Waals surface area contributed by atoms with Crippen LogP contribution in [0.4, 0.5) is 10.1 Å². The molecule has 3 aromatic rings. The number of hydrogen-bond acceptors (Lipinski definition) is 6. The number of hydrogen-bond donors (Lipinski definition) is 1. The van der Waals surface area contributed by atoms with Gasteiger partial charge in [-0.1, -0.05) is 18.2 Å². The maximum Gasteiger partial charge on any atom is 0.310 e. The van der Waals surface area contributed by atoms with E-state index in [0.717, 1.165) is 0 Å². The topological polar surface area (TPSA) is 96.8 Å². The van der Waals surface area contributed by atoms with Gasteiger partial charge in [0.15, 0.2) is 0 Å². The molecule has 8 heteroatoms. The number of aliphatic hydroxyl groups excluding tert-OH is 1. The molecule has 1 N–H and O–H groups in total. The van der Waals surface area contributed by atoms with E-state index < -0.39 is 29.3 Å². The Hall–Kier alpha value is -4.33. The predicted molar refractivity (Wildman–Crippen MR) is 132 cm³/mol. The Balaban J connectivity index is 1.77. The van der Waals surface area contributed by atoms with Gasteiger partial charge in [-0.25, -0.2) is 4.39 Å². The van der Waals surface area contributed by atoms with Gasteiger partial charge < -0.3 is 9.84 Å². The summed E-state index contributed by atoms with van der Waals surface area (Å²) < 4.78 is 19.0. The number of ketones is 1. The monoisotopic (exact) mass is 488 g/mol. The minimum Gasteiger partial charge on any atom is -0.507 e. The maximum atomic E-state index is 13.8. The number of esters is 1. The zero-order valence-electron chi connectivity index (χ0n) is 20.1. The molecule has 7 nitrogen and oxygen atoms in total. The molecule has 1 atom stereocenters. The summed E-state index contributed by atoms with van der Waals surface area (Å²) in [5.74, 6) is -2.92. The fourth-order valence-electron chi connectivity index (χ4n) is 4.15. The molecule has 36 heavy (non-hydrogen) atoms. The van der Waals surface area contributed by atoms with E-state index in [1.54, 1.807) is 63.4 Å². The summed E-state index contributed by atoms with van der Waals surface area (Å²) in [5, 5.41) is 11.1. The summed E-state index contributed by atoms with van der Waals surface area (Å²) >= 11 is 0. The van der Waals surface area contributed by atoms with Crippen molar-refractivity contribution in [1.82, 2.24) is 4.98 Å². The zero-order valence-corrected chi connectivity index (χ0v) is 20.1. The van der Waals surface area contributed by atoms with E-state index in [-0.39, 0.29) is 35.2 Å². The Morgan fingerprint density at radius 3 is 2.47 bits per heavy atom. The fourth-order valence-corrected chi connectivity index (χ4v) is 4.15. The van der Waals surface area contributed by atoms with Crippen molar-refractivity contribution in [2.45, 2.75) is 39.3 Å². The number of pyridine rings is 1. The summed E-state index contributed by atoms with van der Waals surface area (Å²) in [5.41, 5.74) is 1.99. The number of carbonyl (C=O) groups excluding carboxylic acids is 3. The standard InChI is InChI=1S/C28H25FN2O5/c1-16(2)36-23(32)14-18-6-9-21(10-7-18)31-25(20-5-4-12-30-15-20)24(27(34)28(31)35)26(33)19-8-11-22(29)17(3)13-19/h4-13,15-16,25,33H,14H2,1-3H3/b26-24-. The van der Waals surface area contributed by atoms with Crippen molar-refractivity contribution in [3.8, 4) is 0 Å². The van der Waals surface area contributed by atoms with Crippen molar-refractivity contribution in [1.29, 1.82) is 0 Å². The lowest BCUT2D eigenvalue weighted by atomic mass is 9.95. The highest BCUT2D eigenvalue weighted by molar-refractivity contribution is 6.51. The van der Waals surface area contributed by atoms with Gasteiger partial charge in [-0.2, -0.15) is 0 Å². The molecule has 0 bridgehead atoms. The smallest absolute Gasteiger partial charge is 0.310 e. The number of nitrogens with zero attached hydrogens (tertiary/aromatic N) is 2. The Labute approximate surface area is 207 Å². The van der Waals surface area contributed by atoms with Crippen molar-refractivity contribution in [3.05, 3.63) is 101 Å². The van der Waals surface area contributed by atoms with Crippen LogP contribution in [0.5, 0.6) is 0 Å². The van der Waals surface area contributed by atoms with E-state index in [1.165, 1.54) is 29.3 Å². The van der Waals surface area contributed by atoms with Gasteiger partial charge in [-0.05, 0) is 73.9 Å². The van der Waals surface area contributed by atoms with E-state index in [2.05, 4.69) is 4.98 Å². The van der Waals surface area contributed by atoms with Crippen molar-refractivity contribution < 1.29 is 28.6 Å². The molecule has 2 heterocycles. The molecule has 4 rings (SSSR count). The number of aryl methyl sites for hydroxylation is 1. The molecule has 1 aromatic heterocycles. The average molecular weight is 489 g/mol. The summed E-state index contributed by atoms with van der Waals surface area (Å²) in [4.78, 5) is 43.8. The van der Waals surface area contributed by atoms with E-state index in [0.29, 0.717) is 16.8 Å². The van der Waals surface area contributed by atoms with Crippen LogP contribution >= 0.6 is 0 Å². The lowest BCUT2D eigenvalue weighted by molar-refractivity contribution is -0.146. The molecule has 2 aromatic carbocycles. The van der Waals surface area contributed by atoms with Gasteiger partial charge in [-0.15, -0.1) is 0 Å². The quantitative estimate of drug-likeness (QED) is 0.235. The number of halogens is 1. The highest BCUT2D eigenvalue weighted by atomic mass is 19.1. The molecule has 0 radical (unpaired) electrons. The van der Waals surface area contributed by atoms with Crippen LogP contribution in [0.1, 0.15) is 42.1 Å². The van der Waals surface area contributed by atoms with Crippen LogP contribution in [0.15, 0.2) is 72.6 Å². The molecule has 0 spiro atoms. The highest BCUT2D eigenvalue weighted by Gasteiger charge is 2.47. The number of Topliss-reactive ketones (excluding diaryl/α,β-unsaturated/α-hetero) is 1. The van der Waals surface area contributed by atoms with Crippen molar-refractivity contribution in [3.63, 3.8) is 0 Å². The Bertz CT molecular complexity index is 1350. The van der Waals surface area contributed by atoms with Crippen LogP contribution in [0.2, 0.25) is 0 Å². The molecule has 1 aliphatic heterocycles. The SMILES string of the molecule is Cc1cc(/C(O)=C2/C(=O)C(=O)N(c3ccc(CC(=O)OC(C)C)cc3)C2c2cccnc2)ccc1F. The number of aromatic nitrogens is 1. The van der Waals surface area contributed by atoms with Gasteiger partial charge in [0.25, 0.3) is 11.7 Å². The first-order chi connectivity index (χ1) is 17.2. The third-order valence-electron chi connectivity index (χ3n) is 5.81. The second kappa shape index (κ2) is 10.1. The molecule has 1 saturated heterocycles. The summed E-state index contributed by atoms with van der Waals surface area (Å²) in [7, 11) is 0.